The maximum atomic E-state index is 5.95. The summed E-state index contributed by atoms with van der Waals surface area (Å²) in [4.78, 5) is 2.39. The van der Waals surface area contributed by atoms with Gasteiger partial charge in [-0.3, -0.25) is 4.90 Å². The van der Waals surface area contributed by atoms with Gasteiger partial charge in [0.25, 0.3) is 0 Å². The van der Waals surface area contributed by atoms with Crippen molar-refractivity contribution in [1.29, 1.82) is 0 Å². The molecule has 17 heavy (non-hydrogen) atoms. The Labute approximate surface area is 106 Å². The van der Waals surface area contributed by atoms with Crippen molar-refractivity contribution in [1.82, 2.24) is 4.90 Å². The van der Waals surface area contributed by atoms with E-state index in [2.05, 4.69) is 57.0 Å². The van der Waals surface area contributed by atoms with Crippen molar-refractivity contribution < 1.29 is 0 Å². The number of hydrogen-bond acceptors (Lipinski definition) is 2. The van der Waals surface area contributed by atoms with Crippen LogP contribution in [0.1, 0.15) is 37.4 Å². The fourth-order valence-corrected chi connectivity index (χ4v) is 2.25. The van der Waals surface area contributed by atoms with Gasteiger partial charge in [0.05, 0.1) is 0 Å². The predicted octanol–water partition coefficient (Wildman–Crippen LogP) is 2.97. The van der Waals surface area contributed by atoms with Crippen molar-refractivity contribution in [2.24, 2.45) is 11.7 Å². The van der Waals surface area contributed by atoms with Gasteiger partial charge in [0.1, 0.15) is 0 Å². The summed E-state index contributed by atoms with van der Waals surface area (Å²) in [5, 5.41) is 0. The lowest BCUT2D eigenvalue weighted by Gasteiger charge is -2.30. The molecule has 0 radical (unpaired) electrons. The molecule has 2 heteroatoms. The molecule has 96 valence electrons. The molecule has 0 aliphatic heterocycles. The second kappa shape index (κ2) is 6.77. The predicted molar refractivity (Wildman–Crippen MR) is 75.1 cm³/mol. The largest absolute Gasteiger partial charge is 0.329 e. The molecule has 0 aromatic heterocycles. The summed E-state index contributed by atoms with van der Waals surface area (Å²) in [6.07, 6.45) is 1.22. The van der Waals surface area contributed by atoms with Gasteiger partial charge in [-0.2, -0.15) is 0 Å². The molecule has 2 nitrogen and oxygen atoms in total. The lowest BCUT2D eigenvalue weighted by molar-refractivity contribution is 0.214. The van der Waals surface area contributed by atoms with Crippen molar-refractivity contribution >= 4 is 0 Å². The van der Waals surface area contributed by atoms with Crippen LogP contribution in [-0.2, 0) is 0 Å². The van der Waals surface area contributed by atoms with Crippen molar-refractivity contribution in [2.45, 2.75) is 33.2 Å². The Morgan fingerprint density at radius 2 is 1.94 bits per heavy atom. The molecule has 0 spiro atoms. The van der Waals surface area contributed by atoms with Crippen molar-refractivity contribution in [3.63, 3.8) is 0 Å². The lowest BCUT2D eigenvalue weighted by atomic mass is 9.99. The smallest absolute Gasteiger partial charge is 0.0470 e. The normalized spacial score (nSPS) is 14.9. The van der Waals surface area contributed by atoms with E-state index in [-0.39, 0.29) is 0 Å². The molecule has 1 aromatic rings. The minimum Gasteiger partial charge on any atom is -0.329 e. The molecular weight excluding hydrogens is 208 g/mol. The molecule has 0 heterocycles. The van der Waals surface area contributed by atoms with E-state index < -0.39 is 0 Å². The summed E-state index contributed by atoms with van der Waals surface area (Å²) >= 11 is 0. The second-order valence-electron chi connectivity index (χ2n) is 5.06. The average Bonchev–Trinajstić information content (AvgIpc) is 2.32. The van der Waals surface area contributed by atoms with Crippen molar-refractivity contribution in [3.05, 3.63) is 35.4 Å². The van der Waals surface area contributed by atoms with Crippen LogP contribution in [0.3, 0.4) is 0 Å². The summed E-state index contributed by atoms with van der Waals surface area (Å²) in [6.45, 7) is 8.48. The van der Waals surface area contributed by atoms with Gasteiger partial charge in [-0.15, -0.1) is 0 Å². The monoisotopic (exact) mass is 234 g/mol. The van der Waals surface area contributed by atoms with E-state index in [1.54, 1.807) is 0 Å². The quantitative estimate of drug-likeness (QED) is 0.820. The maximum Gasteiger partial charge on any atom is 0.0470 e. The first-order chi connectivity index (χ1) is 8.10. The SMILES string of the molecule is CCC(C)CN(C)C(CN)c1ccccc1C. The number of nitrogens with two attached hydrogens (primary N) is 1. The zero-order valence-electron chi connectivity index (χ0n) is 11.6. The Morgan fingerprint density at radius 3 is 2.47 bits per heavy atom. The van der Waals surface area contributed by atoms with Crippen LogP contribution in [0.4, 0.5) is 0 Å². The number of benzene rings is 1. The number of aryl methyl sites for hydroxylation is 1. The van der Waals surface area contributed by atoms with Gasteiger partial charge in [0.2, 0.25) is 0 Å². The van der Waals surface area contributed by atoms with Crippen LogP contribution in [0.15, 0.2) is 24.3 Å². The van der Waals surface area contributed by atoms with E-state index in [0.717, 1.165) is 12.5 Å². The molecule has 0 saturated carbocycles. The molecule has 1 rings (SSSR count). The topological polar surface area (TPSA) is 29.3 Å². The van der Waals surface area contributed by atoms with Crippen molar-refractivity contribution in [3.8, 4) is 0 Å². The summed E-state index contributed by atoms with van der Waals surface area (Å²) in [5.74, 6) is 0.720. The molecule has 0 bridgehead atoms. The molecule has 0 saturated heterocycles. The molecule has 0 aliphatic rings. The fourth-order valence-electron chi connectivity index (χ4n) is 2.25. The average molecular weight is 234 g/mol. The Hall–Kier alpha value is -0.860. The first-order valence-corrected chi connectivity index (χ1v) is 6.56. The molecule has 0 fully saturated rings. The third kappa shape index (κ3) is 3.83. The number of hydrogen-bond donors (Lipinski definition) is 1. The van der Waals surface area contributed by atoms with Crippen LogP contribution < -0.4 is 5.73 Å². The second-order valence-corrected chi connectivity index (χ2v) is 5.06. The minimum atomic E-state index is 0.338. The summed E-state index contributed by atoms with van der Waals surface area (Å²) in [7, 11) is 2.18. The van der Waals surface area contributed by atoms with Gasteiger partial charge in [-0.1, -0.05) is 44.5 Å². The van der Waals surface area contributed by atoms with E-state index >= 15 is 0 Å². The number of rotatable bonds is 6. The Morgan fingerprint density at radius 1 is 1.29 bits per heavy atom. The highest BCUT2D eigenvalue weighted by Crippen LogP contribution is 2.22. The molecule has 2 atom stereocenters. The summed E-state index contributed by atoms with van der Waals surface area (Å²) in [6, 6.07) is 8.88. The molecular formula is C15H26N2. The summed E-state index contributed by atoms with van der Waals surface area (Å²) < 4.78 is 0. The molecule has 1 aromatic carbocycles. The number of nitrogens with zero attached hydrogens (tertiary/aromatic N) is 1. The zero-order chi connectivity index (χ0) is 12.8. The van der Waals surface area contributed by atoms with Crippen molar-refractivity contribution in [2.75, 3.05) is 20.1 Å². The molecule has 0 aliphatic carbocycles. The van der Waals surface area contributed by atoms with E-state index in [1.165, 1.54) is 17.5 Å². The molecule has 0 amide bonds. The van der Waals surface area contributed by atoms with E-state index in [1.807, 2.05) is 0 Å². The third-order valence-corrected chi connectivity index (χ3v) is 3.60. The number of likely N-dealkylation sites (N-methyl/N-ethyl adjacent to an activating group) is 1. The standard InChI is InChI=1S/C15H26N2/c1-5-12(2)11-17(4)15(10-16)14-9-7-6-8-13(14)3/h6-9,12,15H,5,10-11,16H2,1-4H3. The first kappa shape index (κ1) is 14.2. The highest BCUT2D eigenvalue weighted by Gasteiger charge is 2.18. The van der Waals surface area contributed by atoms with Crippen LogP contribution >= 0.6 is 0 Å². The molecule has 2 unspecified atom stereocenters. The van der Waals surface area contributed by atoms with E-state index in [9.17, 15) is 0 Å². The Balaban J connectivity index is 2.81. The third-order valence-electron chi connectivity index (χ3n) is 3.60. The van der Waals surface area contributed by atoms with Gasteiger partial charge in [0.15, 0.2) is 0 Å². The Bertz CT molecular complexity index is 335. The van der Waals surface area contributed by atoms with Gasteiger partial charge in [-0.25, -0.2) is 0 Å². The molecule has 2 N–H and O–H groups in total. The fraction of sp³-hybridized carbons (Fsp3) is 0.600. The van der Waals surface area contributed by atoms with E-state index in [0.29, 0.717) is 12.6 Å². The van der Waals surface area contributed by atoms with Crippen LogP contribution in [0.5, 0.6) is 0 Å². The van der Waals surface area contributed by atoms with E-state index in [4.69, 9.17) is 5.73 Å². The van der Waals surface area contributed by atoms with Gasteiger partial charge < -0.3 is 5.73 Å². The first-order valence-electron chi connectivity index (χ1n) is 6.56. The van der Waals surface area contributed by atoms with Crippen LogP contribution in [0, 0.1) is 12.8 Å². The van der Waals surface area contributed by atoms with Gasteiger partial charge in [0, 0.05) is 19.1 Å². The highest BCUT2D eigenvalue weighted by molar-refractivity contribution is 5.29. The van der Waals surface area contributed by atoms with Gasteiger partial charge >= 0.3 is 0 Å². The van der Waals surface area contributed by atoms with Crippen LogP contribution in [0.25, 0.3) is 0 Å². The minimum absolute atomic E-state index is 0.338. The Kier molecular flexibility index (Phi) is 5.66. The lowest BCUT2D eigenvalue weighted by Crippen LogP contribution is -2.34. The zero-order valence-corrected chi connectivity index (χ0v) is 11.6. The maximum absolute atomic E-state index is 5.95. The van der Waals surface area contributed by atoms with Gasteiger partial charge in [-0.05, 0) is 31.0 Å². The van der Waals surface area contributed by atoms with Crippen LogP contribution in [0.2, 0.25) is 0 Å². The highest BCUT2D eigenvalue weighted by atomic mass is 15.1. The summed E-state index contributed by atoms with van der Waals surface area (Å²) in [5.41, 5.74) is 8.64. The van der Waals surface area contributed by atoms with Crippen LogP contribution in [-0.4, -0.2) is 25.0 Å².